The van der Waals surface area contributed by atoms with Crippen molar-refractivity contribution in [3.8, 4) is 11.4 Å². The third-order valence-electron chi connectivity index (χ3n) is 6.73. The van der Waals surface area contributed by atoms with Crippen LogP contribution in [0.2, 0.25) is 0 Å². The van der Waals surface area contributed by atoms with Crippen LogP contribution in [0.25, 0.3) is 11.4 Å². The summed E-state index contributed by atoms with van der Waals surface area (Å²) in [5.41, 5.74) is 0.842. The van der Waals surface area contributed by atoms with Gasteiger partial charge in [-0.3, -0.25) is 9.78 Å². The van der Waals surface area contributed by atoms with Crippen LogP contribution in [0.3, 0.4) is 0 Å². The summed E-state index contributed by atoms with van der Waals surface area (Å²) in [5.74, 6) is 1.17. The Bertz CT molecular complexity index is 1200. The van der Waals surface area contributed by atoms with Crippen molar-refractivity contribution in [2.24, 2.45) is 11.8 Å². The van der Waals surface area contributed by atoms with Gasteiger partial charge in [0.15, 0.2) is 5.82 Å². The number of nitrogens with zero attached hydrogens (tertiary/aromatic N) is 5. The van der Waals surface area contributed by atoms with E-state index < -0.39 is 11.7 Å². The monoisotopic (exact) mass is 467 g/mol. The zero-order valence-corrected chi connectivity index (χ0v) is 18.7. The van der Waals surface area contributed by atoms with Gasteiger partial charge in [-0.05, 0) is 74.8 Å². The van der Waals surface area contributed by atoms with Crippen molar-refractivity contribution in [2.45, 2.75) is 44.8 Å². The summed E-state index contributed by atoms with van der Waals surface area (Å²) in [7, 11) is 0. The Morgan fingerprint density at radius 2 is 1.79 bits per heavy atom. The number of amides is 1. The first-order chi connectivity index (χ1) is 16.3. The molecule has 5 rings (SSSR count). The number of aromatic nitrogens is 4. The number of carbonyl (C=O) groups excluding carboxylic acids is 1. The van der Waals surface area contributed by atoms with E-state index in [9.17, 15) is 18.0 Å². The molecule has 0 radical (unpaired) electrons. The molecule has 1 amide bonds. The smallest absolute Gasteiger partial charge is 0.334 e. The van der Waals surface area contributed by atoms with Crippen LogP contribution in [0.5, 0.6) is 0 Å². The molecule has 176 valence electrons. The van der Waals surface area contributed by atoms with Gasteiger partial charge in [0.2, 0.25) is 0 Å². The number of likely N-dealkylation sites (tertiary alicyclic amines) is 1. The summed E-state index contributed by atoms with van der Waals surface area (Å²) in [5, 5.41) is 0. The van der Waals surface area contributed by atoms with Crippen molar-refractivity contribution in [3.05, 3.63) is 71.6 Å². The van der Waals surface area contributed by atoms with Gasteiger partial charge in [0.05, 0.1) is 16.8 Å². The van der Waals surface area contributed by atoms with Crippen molar-refractivity contribution < 1.29 is 18.0 Å². The lowest BCUT2D eigenvalue weighted by molar-refractivity contribution is -0.138. The molecule has 0 bridgehead atoms. The number of rotatable bonds is 5. The Kier molecular flexibility index (Phi) is 5.79. The van der Waals surface area contributed by atoms with Gasteiger partial charge >= 0.3 is 6.18 Å². The summed E-state index contributed by atoms with van der Waals surface area (Å²) in [6.45, 7) is 2.41. The van der Waals surface area contributed by atoms with Gasteiger partial charge in [-0.1, -0.05) is 0 Å². The molecule has 9 heteroatoms. The molecule has 6 nitrogen and oxygen atoms in total. The van der Waals surface area contributed by atoms with Crippen molar-refractivity contribution in [1.82, 2.24) is 24.8 Å². The summed E-state index contributed by atoms with van der Waals surface area (Å²) in [4.78, 5) is 32.7. The Hall–Kier alpha value is -3.36. The summed E-state index contributed by atoms with van der Waals surface area (Å²) >= 11 is 0. The number of piperidine rings is 1. The minimum atomic E-state index is -4.46. The molecule has 0 spiro atoms. The van der Waals surface area contributed by atoms with Crippen molar-refractivity contribution in [3.63, 3.8) is 0 Å². The van der Waals surface area contributed by atoms with E-state index in [4.69, 9.17) is 0 Å². The van der Waals surface area contributed by atoms with Crippen LogP contribution >= 0.6 is 0 Å². The first-order valence-corrected chi connectivity index (χ1v) is 11.4. The van der Waals surface area contributed by atoms with Crippen molar-refractivity contribution >= 4 is 5.91 Å². The third-order valence-corrected chi connectivity index (χ3v) is 6.73. The summed E-state index contributed by atoms with van der Waals surface area (Å²) in [6.07, 6.45) is 2.55. The molecule has 3 aromatic heterocycles. The highest BCUT2D eigenvalue weighted by atomic mass is 19.4. The number of carbonyl (C=O) groups is 1. The number of halogens is 3. The van der Waals surface area contributed by atoms with Crippen molar-refractivity contribution in [2.75, 3.05) is 6.54 Å². The van der Waals surface area contributed by atoms with Gasteiger partial charge in [-0.15, -0.1) is 0 Å². The van der Waals surface area contributed by atoms with Gasteiger partial charge in [0.1, 0.15) is 5.69 Å². The predicted molar refractivity (Wildman–Crippen MR) is 119 cm³/mol. The molecular weight excluding hydrogens is 443 g/mol. The average Bonchev–Trinajstić information content (AvgIpc) is 3.60. The molecule has 0 aromatic carbocycles. The van der Waals surface area contributed by atoms with Crippen LogP contribution < -0.4 is 0 Å². The highest BCUT2D eigenvalue weighted by Gasteiger charge is 2.47. The van der Waals surface area contributed by atoms with Crippen LogP contribution in [0.4, 0.5) is 13.2 Å². The van der Waals surface area contributed by atoms with E-state index in [1.54, 1.807) is 29.4 Å². The maximum absolute atomic E-state index is 13.8. The Balaban J connectivity index is 1.42. The number of hydrogen-bond donors (Lipinski definition) is 0. The topological polar surface area (TPSA) is 71.9 Å². The summed E-state index contributed by atoms with van der Waals surface area (Å²) in [6, 6.07) is 7.50. The van der Waals surface area contributed by atoms with E-state index >= 15 is 0 Å². The van der Waals surface area contributed by atoms with Crippen LogP contribution in [0, 0.1) is 18.8 Å². The highest BCUT2D eigenvalue weighted by Crippen LogP contribution is 2.48. The molecule has 0 unspecified atom stereocenters. The minimum absolute atomic E-state index is 0.0207. The second kappa shape index (κ2) is 8.77. The second-order valence-corrected chi connectivity index (χ2v) is 9.06. The molecule has 1 saturated carbocycles. The number of fused-ring (bicyclic) bond motifs is 1. The van der Waals surface area contributed by atoms with E-state index in [0.717, 1.165) is 18.9 Å². The van der Waals surface area contributed by atoms with E-state index in [1.165, 1.54) is 12.3 Å². The Morgan fingerprint density at radius 1 is 1.03 bits per heavy atom. The molecule has 3 aromatic rings. The third kappa shape index (κ3) is 4.51. The molecule has 0 N–H and O–H groups in total. The Labute approximate surface area is 195 Å². The molecule has 1 aliphatic carbocycles. The van der Waals surface area contributed by atoms with Gasteiger partial charge in [0, 0.05) is 36.9 Å². The largest absolute Gasteiger partial charge is 0.418 e. The molecule has 1 aliphatic heterocycles. The predicted octanol–water partition coefficient (Wildman–Crippen LogP) is 4.74. The molecule has 2 fully saturated rings. The maximum Gasteiger partial charge on any atom is 0.418 e. The molecule has 4 heterocycles. The van der Waals surface area contributed by atoms with E-state index in [2.05, 4.69) is 19.9 Å². The van der Waals surface area contributed by atoms with Crippen LogP contribution in [0.15, 0.2) is 48.9 Å². The quantitative estimate of drug-likeness (QED) is 0.542. The van der Waals surface area contributed by atoms with Gasteiger partial charge < -0.3 is 4.90 Å². The second-order valence-electron chi connectivity index (χ2n) is 9.06. The normalized spacial score (nSPS) is 21.8. The lowest BCUT2D eigenvalue weighted by atomic mass is 9.95. The van der Waals surface area contributed by atoms with Crippen molar-refractivity contribution in [1.29, 1.82) is 0 Å². The maximum atomic E-state index is 13.8. The first-order valence-electron chi connectivity index (χ1n) is 11.4. The molecule has 3 atom stereocenters. The first kappa shape index (κ1) is 22.4. The van der Waals surface area contributed by atoms with E-state index in [0.29, 0.717) is 41.9 Å². The zero-order valence-electron chi connectivity index (χ0n) is 18.7. The van der Waals surface area contributed by atoms with E-state index in [1.807, 2.05) is 13.0 Å². The van der Waals surface area contributed by atoms with Crippen LogP contribution in [-0.2, 0) is 12.6 Å². The fraction of sp³-hybridized carbons (Fsp3) is 0.400. The van der Waals surface area contributed by atoms with Gasteiger partial charge in [-0.2, -0.15) is 13.2 Å². The number of pyridine rings is 2. The number of hydrogen-bond acceptors (Lipinski definition) is 5. The fourth-order valence-corrected chi connectivity index (χ4v) is 4.90. The van der Waals surface area contributed by atoms with Crippen LogP contribution in [0.1, 0.15) is 46.7 Å². The molecule has 1 saturated heterocycles. The molecular formula is C25H24F3N5O. The lowest BCUT2D eigenvalue weighted by Gasteiger charge is -2.36. The molecule has 2 aliphatic rings. The number of aryl methyl sites for hydroxylation is 2. The van der Waals surface area contributed by atoms with E-state index in [-0.39, 0.29) is 29.8 Å². The number of alkyl halides is 3. The van der Waals surface area contributed by atoms with Gasteiger partial charge in [-0.25, -0.2) is 15.0 Å². The lowest BCUT2D eigenvalue weighted by Crippen LogP contribution is -2.45. The molecule has 34 heavy (non-hydrogen) atoms. The average molecular weight is 467 g/mol. The summed E-state index contributed by atoms with van der Waals surface area (Å²) < 4.78 is 40.3. The van der Waals surface area contributed by atoms with Gasteiger partial charge in [0.25, 0.3) is 5.91 Å². The SMILES string of the molecule is Cc1ccc(-c2ncccn2)c(C(=O)N2C[C@@H]3C[C@@H]3C[C@H]2CCc2ncccc2C(F)(F)F)n1. The van der Waals surface area contributed by atoms with Crippen LogP contribution in [-0.4, -0.2) is 43.3 Å². The zero-order chi connectivity index (χ0) is 23.9. The highest BCUT2D eigenvalue weighted by molar-refractivity contribution is 5.98. The standard InChI is InChI=1S/C25H24F3N5O/c1-15-5-7-19(23-30-10-3-11-31-23)22(32-15)24(34)33-14-17-12-16(17)13-18(33)6-8-21-20(25(26,27)28)4-2-9-29-21/h2-5,7,9-11,16-18H,6,8,12-14H2,1H3/t16-,17+,18-/m1/s1. The Morgan fingerprint density at radius 3 is 2.56 bits per heavy atom. The minimum Gasteiger partial charge on any atom is -0.334 e. The fourth-order valence-electron chi connectivity index (χ4n) is 4.90.